The van der Waals surface area contributed by atoms with Crippen molar-refractivity contribution < 1.29 is 9.53 Å². The molecule has 92 valence electrons. The average Bonchev–Trinajstić information content (AvgIpc) is 2.38. The molecule has 0 aliphatic carbocycles. The Balaban J connectivity index is 2.31. The molecule has 0 N–H and O–H groups in total. The van der Waals surface area contributed by atoms with E-state index in [2.05, 4.69) is 6.58 Å². The van der Waals surface area contributed by atoms with E-state index >= 15 is 0 Å². The van der Waals surface area contributed by atoms with Crippen molar-refractivity contribution >= 4 is 17.5 Å². The molecule has 1 aromatic rings. The quantitative estimate of drug-likeness (QED) is 0.766. The van der Waals surface area contributed by atoms with E-state index in [1.807, 2.05) is 36.4 Å². The number of fused-ring (bicyclic) bond motifs is 1. The van der Waals surface area contributed by atoms with Gasteiger partial charge in [0, 0.05) is 16.9 Å². The van der Waals surface area contributed by atoms with Gasteiger partial charge >= 0.3 is 0 Å². The molecule has 0 amide bonds. The Morgan fingerprint density at radius 3 is 2.94 bits per heavy atom. The fourth-order valence-corrected chi connectivity index (χ4v) is 2.81. The third kappa shape index (κ3) is 2.74. The van der Waals surface area contributed by atoms with E-state index < -0.39 is 0 Å². The molecule has 0 atom stereocenters. The lowest BCUT2D eigenvalue weighted by Crippen LogP contribution is -2.07. The smallest absolute Gasteiger partial charge is 0.168 e. The summed E-state index contributed by atoms with van der Waals surface area (Å²) in [6, 6.07) is 5.56. The van der Waals surface area contributed by atoms with Crippen molar-refractivity contribution in [1.29, 1.82) is 0 Å². The molecular formula is C15H14O2S. The Morgan fingerprint density at radius 1 is 1.39 bits per heavy atom. The van der Waals surface area contributed by atoms with Crippen molar-refractivity contribution in [2.24, 2.45) is 0 Å². The van der Waals surface area contributed by atoms with Crippen LogP contribution in [-0.2, 0) is 0 Å². The summed E-state index contributed by atoms with van der Waals surface area (Å²) in [7, 11) is 1.63. The van der Waals surface area contributed by atoms with Gasteiger partial charge < -0.3 is 4.74 Å². The van der Waals surface area contributed by atoms with Crippen molar-refractivity contribution in [3.63, 3.8) is 0 Å². The van der Waals surface area contributed by atoms with Crippen molar-refractivity contribution in [3.05, 3.63) is 59.6 Å². The van der Waals surface area contributed by atoms with Crippen molar-refractivity contribution in [1.82, 2.24) is 0 Å². The Labute approximate surface area is 111 Å². The summed E-state index contributed by atoms with van der Waals surface area (Å²) in [5.41, 5.74) is 0.783. The summed E-state index contributed by atoms with van der Waals surface area (Å²) in [5, 5.41) is 0. The minimum absolute atomic E-state index is 0.157. The lowest BCUT2D eigenvalue weighted by atomic mass is 10.1. The summed E-state index contributed by atoms with van der Waals surface area (Å²) >= 11 is 1.62. The van der Waals surface area contributed by atoms with Gasteiger partial charge in [-0.05, 0) is 23.1 Å². The standard InChI is InChI=1S/C15H14O2S/c1-3-4-5-6-12-10-14(16)13-8-7-11(17-2)9-15(13)18-12/h3-9H,1,10H2,2H3/b5-4-,12-6+. The van der Waals surface area contributed by atoms with Crippen LogP contribution >= 0.6 is 11.8 Å². The second kappa shape index (κ2) is 5.74. The van der Waals surface area contributed by atoms with Crippen LogP contribution in [0.4, 0.5) is 0 Å². The molecule has 18 heavy (non-hydrogen) atoms. The number of thioether (sulfide) groups is 1. The minimum Gasteiger partial charge on any atom is -0.497 e. The predicted octanol–water partition coefficient (Wildman–Crippen LogP) is 4.00. The first kappa shape index (κ1) is 12.7. The van der Waals surface area contributed by atoms with Gasteiger partial charge in [-0.3, -0.25) is 4.79 Å². The van der Waals surface area contributed by atoms with Gasteiger partial charge in [-0.1, -0.05) is 42.6 Å². The fourth-order valence-electron chi connectivity index (χ4n) is 1.71. The van der Waals surface area contributed by atoms with Crippen LogP contribution in [0.3, 0.4) is 0 Å². The molecule has 2 nitrogen and oxygen atoms in total. The van der Waals surface area contributed by atoms with Crippen molar-refractivity contribution in [2.75, 3.05) is 7.11 Å². The molecule has 0 unspecified atom stereocenters. The highest BCUT2D eigenvalue weighted by atomic mass is 32.2. The number of hydrogen-bond acceptors (Lipinski definition) is 3. The number of allylic oxidation sites excluding steroid dienone is 5. The Morgan fingerprint density at radius 2 is 2.22 bits per heavy atom. The number of methoxy groups -OCH3 is 1. The molecule has 0 saturated heterocycles. The number of Topliss-reactive ketones (excluding diaryl/α,β-unsaturated/α-hetero) is 1. The molecule has 1 aliphatic rings. The zero-order chi connectivity index (χ0) is 13.0. The van der Waals surface area contributed by atoms with E-state index in [1.165, 1.54) is 0 Å². The van der Waals surface area contributed by atoms with Crippen molar-refractivity contribution in [2.45, 2.75) is 11.3 Å². The molecule has 0 aromatic heterocycles. The maximum Gasteiger partial charge on any atom is 0.168 e. The normalized spacial score (nSPS) is 16.9. The molecule has 3 heteroatoms. The van der Waals surface area contributed by atoms with E-state index in [9.17, 15) is 4.79 Å². The van der Waals surface area contributed by atoms with Gasteiger partial charge in [-0.25, -0.2) is 0 Å². The molecular weight excluding hydrogens is 244 g/mol. The topological polar surface area (TPSA) is 26.3 Å². The molecule has 0 radical (unpaired) electrons. The molecule has 1 aliphatic heterocycles. The van der Waals surface area contributed by atoms with Gasteiger partial charge in [0.25, 0.3) is 0 Å². The first-order valence-corrected chi connectivity index (χ1v) is 6.43. The van der Waals surface area contributed by atoms with Crippen LogP contribution in [0.5, 0.6) is 5.75 Å². The molecule has 2 rings (SSSR count). The van der Waals surface area contributed by atoms with Gasteiger partial charge in [0.15, 0.2) is 5.78 Å². The second-order valence-electron chi connectivity index (χ2n) is 3.82. The summed E-state index contributed by atoms with van der Waals surface area (Å²) in [4.78, 5) is 14.0. The number of ether oxygens (including phenoxy) is 1. The number of rotatable bonds is 3. The van der Waals surface area contributed by atoms with E-state index in [0.717, 1.165) is 21.1 Å². The SMILES string of the molecule is C=C/C=C\C=C1/CC(=O)c2ccc(OC)cc2S1. The zero-order valence-electron chi connectivity index (χ0n) is 10.2. The zero-order valence-corrected chi connectivity index (χ0v) is 11.0. The van der Waals surface area contributed by atoms with Crippen LogP contribution < -0.4 is 4.74 Å². The summed E-state index contributed by atoms with van der Waals surface area (Å²) in [6.07, 6.45) is 7.87. The van der Waals surface area contributed by atoms with Crippen LogP contribution in [0.2, 0.25) is 0 Å². The summed E-state index contributed by atoms with van der Waals surface area (Å²) in [5.74, 6) is 0.932. The van der Waals surface area contributed by atoms with Crippen LogP contribution in [0.25, 0.3) is 0 Å². The number of hydrogen-bond donors (Lipinski definition) is 0. The first-order chi connectivity index (χ1) is 8.74. The van der Waals surface area contributed by atoms with E-state index in [1.54, 1.807) is 24.9 Å². The molecule has 0 fully saturated rings. The lowest BCUT2D eigenvalue weighted by molar-refractivity contribution is 0.0990. The van der Waals surface area contributed by atoms with Crippen LogP contribution in [-0.4, -0.2) is 12.9 Å². The van der Waals surface area contributed by atoms with Crippen LogP contribution in [0.1, 0.15) is 16.8 Å². The maximum atomic E-state index is 12.0. The summed E-state index contributed by atoms with van der Waals surface area (Å²) < 4.78 is 5.18. The van der Waals surface area contributed by atoms with E-state index in [4.69, 9.17) is 4.74 Å². The van der Waals surface area contributed by atoms with Gasteiger partial charge in [0.05, 0.1) is 7.11 Å². The third-order valence-corrected chi connectivity index (χ3v) is 3.69. The summed E-state index contributed by atoms with van der Waals surface area (Å²) in [6.45, 7) is 3.61. The minimum atomic E-state index is 0.157. The molecule has 0 saturated carbocycles. The largest absolute Gasteiger partial charge is 0.497 e. The van der Waals surface area contributed by atoms with Gasteiger partial charge in [-0.15, -0.1) is 0 Å². The Hall–Kier alpha value is -1.74. The number of benzene rings is 1. The molecule has 0 bridgehead atoms. The monoisotopic (exact) mass is 258 g/mol. The van der Waals surface area contributed by atoms with Crippen LogP contribution in [0, 0.1) is 0 Å². The fraction of sp³-hybridized carbons (Fsp3) is 0.133. The number of ketones is 1. The van der Waals surface area contributed by atoms with Crippen LogP contribution in [0.15, 0.2) is 58.9 Å². The third-order valence-electron chi connectivity index (χ3n) is 2.59. The first-order valence-electron chi connectivity index (χ1n) is 5.62. The number of carbonyl (C=O) groups excluding carboxylic acids is 1. The molecule has 1 aromatic carbocycles. The lowest BCUT2D eigenvalue weighted by Gasteiger charge is -2.17. The Kier molecular flexibility index (Phi) is 4.05. The average molecular weight is 258 g/mol. The highest BCUT2D eigenvalue weighted by Gasteiger charge is 2.21. The molecule has 0 spiro atoms. The number of carbonyl (C=O) groups is 1. The molecule has 1 heterocycles. The highest BCUT2D eigenvalue weighted by Crippen LogP contribution is 2.39. The van der Waals surface area contributed by atoms with Gasteiger partial charge in [0.2, 0.25) is 0 Å². The van der Waals surface area contributed by atoms with E-state index in [-0.39, 0.29) is 5.78 Å². The highest BCUT2D eigenvalue weighted by molar-refractivity contribution is 8.03. The van der Waals surface area contributed by atoms with Crippen molar-refractivity contribution in [3.8, 4) is 5.75 Å². The van der Waals surface area contributed by atoms with E-state index in [0.29, 0.717) is 6.42 Å². The maximum absolute atomic E-state index is 12.0. The predicted molar refractivity (Wildman–Crippen MR) is 75.2 cm³/mol. The van der Waals surface area contributed by atoms with Gasteiger partial charge in [-0.2, -0.15) is 0 Å². The second-order valence-corrected chi connectivity index (χ2v) is 4.99. The Bertz CT molecular complexity index is 541. The van der Waals surface area contributed by atoms with Gasteiger partial charge in [0.1, 0.15) is 5.75 Å².